The molecular weight excluding hydrogens is 340 g/mol. The van der Waals surface area contributed by atoms with Gasteiger partial charge < -0.3 is 14.5 Å². The highest BCUT2D eigenvalue weighted by molar-refractivity contribution is 7.13. The van der Waals surface area contributed by atoms with Gasteiger partial charge in [0, 0.05) is 26.2 Å². The van der Waals surface area contributed by atoms with Crippen molar-refractivity contribution < 1.29 is 14.3 Å². The highest BCUT2D eigenvalue weighted by Crippen LogP contribution is 2.23. The zero-order valence-electron chi connectivity index (χ0n) is 15.0. The third kappa shape index (κ3) is 4.30. The number of amides is 2. The van der Waals surface area contributed by atoms with Gasteiger partial charge >= 0.3 is 6.09 Å². The van der Waals surface area contributed by atoms with Crippen LogP contribution >= 0.6 is 11.3 Å². The summed E-state index contributed by atoms with van der Waals surface area (Å²) in [5.74, 6) is 0.0335. The highest BCUT2D eigenvalue weighted by atomic mass is 32.1. The molecule has 0 bridgehead atoms. The number of carbonyl (C=O) groups excluding carboxylic acids is 2. The van der Waals surface area contributed by atoms with Crippen molar-refractivity contribution in [2.75, 3.05) is 45.9 Å². The van der Waals surface area contributed by atoms with Gasteiger partial charge in [-0.15, -0.1) is 11.3 Å². The second-order valence-corrected chi connectivity index (χ2v) is 7.57. The molecule has 1 aromatic heterocycles. The molecule has 0 N–H and O–H groups in total. The second kappa shape index (κ2) is 8.14. The van der Waals surface area contributed by atoms with Crippen molar-refractivity contribution in [3.05, 3.63) is 15.6 Å². The van der Waals surface area contributed by atoms with Crippen LogP contribution in [0.25, 0.3) is 0 Å². The zero-order valence-corrected chi connectivity index (χ0v) is 15.8. The summed E-state index contributed by atoms with van der Waals surface area (Å²) in [5, 5.41) is 1.02. The van der Waals surface area contributed by atoms with Gasteiger partial charge in [-0.2, -0.15) is 0 Å². The van der Waals surface area contributed by atoms with Gasteiger partial charge in [0.25, 0.3) is 5.91 Å². The number of carbonyl (C=O) groups is 2. The first-order valence-corrected chi connectivity index (χ1v) is 9.79. The van der Waals surface area contributed by atoms with Gasteiger partial charge in [0.2, 0.25) is 0 Å². The first kappa shape index (κ1) is 18.1. The van der Waals surface area contributed by atoms with Crippen LogP contribution in [0, 0.1) is 6.92 Å². The average molecular weight is 366 g/mol. The summed E-state index contributed by atoms with van der Waals surface area (Å²) in [6.07, 6.45) is 2.21. The van der Waals surface area contributed by atoms with Gasteiger partial charge in [0.1, 0.15) is 9.88 Å². The predicted octanol–water partition coefficient (Wildman–Crippen LogP) is 1.96. The average Bonchev–Trinajstić information content (AvgIpc) is 3.24. The Morgan fingerprint density at radius 3 is 2.36 bits per heavy atom. The smallest absolute Gasteiger partial charge is 0.409 e. The second-order valence-electron chi connectivity index (χ2n) is 6.48. The van der Waals surface area contributed by atoms with Crippen LogP contribution in [-0.2, 0) is 11.3 Å². The number of aryl methyl sites for hydroxylation is 1. The largest absolute Gasteiger partial charge is 0.450 e. The van der Waals surface area contributed by atoms with Gasteiger partial charge in [-0.3, -0.25) is 9.69 Å². The monoisotopic (exact) mass is 366 g/mol. The van der Waals surface area contributed by atoms with Crippen LogP contribution in [-0.4, -0.2) is 77.6 Å². The molecular formula is C17H26N4O3S. The molecule has 0 aliphatic carbocycles. The number of thiazole rings is 1. The minimum atomic E-state index is -0.295. The molecule has 0 atom stereocenters. The van der Waals surface area contributed by atoms with Crippen LogP contribution in [0.5, 0.6) is 0 Å². The molecule has 0 saturated carbocycles. The van der Waals surface area contributed by atoms with Gasteiger partial charge in [0.15, 0.2) is 0 Å². The summed E-state index contributed by atoms with van der Waals surface area (Å²) in [5.41, 5.74) is 0.817. The summed E-state index contributed by atoms with van der Waals surface area (Å²) in [6.45, 7) is 9.28. The van der Waals surface area contributed by atoms with E-state index < -0.39 is 0 Å². The summed E-state index contributed by atoms with van der Waals surface area (Å²) in [4.78, 5) is 35.8. The van der Waals surface area contributed by atoms with E-state index in [9.17, 15) is 9.59 Å². The molecule has 3 heterocycles. The standard InChI is InChI=1S/C17H26N4O3S/c1-3-24-17(23)21-10-8-20(9-11-21)16(22)15-13(2)18-14(25-15)12-19-6-4-5-7-19/h3-12H2,1-2H3. The molecule has 0 unspecified atom stereocenters. The fourth-order valence-corrected chi connectivity index (χ4v) is 4.38. The maximum absolute atomic E-state index is 12.8. The molecule has 7 nitrogen and oxygen atoms in total. The Balaban J connectivity index is 1.58. The third-order valence-corrected chi connectivity index (χ3v) is 5.82. The molecule has 2 saturated heterocycles. The number of rotatable bonds is 4. The van der Waals surface area contributed by atoms with E-state index in [1.165, 1.54) is 24.2 Å². The lowest BCUT2D eigenvalue weighted by atomic mass is 10.3. The SMILES string of the molecule is CCOC(=O)N1CCN(C(=O)c2sc(CN3CCCC3)nc2C)CC1. The van der Waals surface area contributed by atoms with Gasteiger partial charge in [-0.25, -0.2) is 9.78 Å². The normalized spacial score (nSPS) is 18.6. The molecule has 2 aliphatic heterocycles. The number of aromatic nitrogens is 1. The molecule has 3 rings (SSSR count). The van der Waals surface area contributed by atoms with Crippen molar-refractivity contribution in [1.29, 1.82) is 0 Å². The van der Waals surface area contributed by atoms with Crippen LogP contribution in [0.3, 0.4) is 0 Å². The number of piperazine rings is 1. The van der Waals surface area contributed by atoms with E-state index in [0.29, 0.717) is 32.8 Å². The fraction of sp³-hybridized carbons (Fsp3) is 0.706. The lowest BCUT2D eigenvalue weighted by Gasteiger charge is -2.33. The van der Waals surface area contributed by atoms with Crippen LogP contribution in [0.4, 0.5) is 4.79 Å². The number of hydrogen-bond donors (Lipinski definition) is 0. The van der Waals surface area contributed by atoms with Crippen molar-refractivity contribution in [1.82, 2.24) is 19.7 Å². The van der Waals surface area contributed by atoms with Crippen molar-refractivity contribution >= 4 is 23.3 Å². The molecule has 1 aromatic rings. The van der Waals surface area contributed by atoms with Crippen molar-refractivity contribution in [2.45, 2.75) is 33.2 Å². The third-order valence-electron chi connectivity index (χ3n) is 4.69. The number of likely N-dealkylation sites (tertiary alicyclic amines) is 1. The van der Waals surface area contributed by atoms with Crippen molar-refractivity contribution in [2.24, 2.45) is 0 Å². The highest BCUT2D eigenvalue weighted by Gasteiger charge is 2.28. The lowest BCUT2D eigenvalue weighted by Crippen LogP contribution is -2.50. The fourth-order valence-electron chi connectivity index (χ4n) is 3.30. The summed E-state index contributed by atoms with van der Waals surface area (Å²) in [6, 6.07) is 0. The molecule has 0 radical (unpaired) electrons. The van der Waals surface area contributed by atoms with Crippen molar-refractivity contribution in [3.8, 4) is 0 Å². The summed E-state index contributed by atoms with van der Waals surface area (Å²) < 4.78 is 5.02. The van der Waals surface area contributed by atoms with Gasteiger partial charge in [0.05, 0.1) is 18.8 Å². The molecule has 138 valence electrons. The summed E-state index contributed by atoms with van der Waals surface area (Å²) in [7, 11) is 0. The number of ether oxygens (including phenoxy) is 1. The maximum Gasteiger partial charge on any atom is 0.409 e. The summed E-state index contributed by atoms with van der Waals surface area (Å²) >= 11 is 1.51. The topological polar surface area (TPSA) is 66.0 Å². The van der Waals surface area contributed by atoms with Crippen LogP contribution in [0.2, 0.25) is 0 Å². The number of nitrogens with zero attached hydrogens (tertiary/aromatic N) is 4. The van der Waals surface area contributed by atoms with Crippen LogP contribution in [0.15, 0.2) is 0 Å². The van der Waals surface area contributed by atoms with E-state index in [2.05, 4.69) is 9.88 Å². The minimum absolute atomic E-state index is 0.0335. The number of hydrogen-bond acceptors (Lipinski definition) is 6. The van der Waals surface area contributed by atoms with Crippen molar-refractivity contribution in [3.63, 3.8) is 0 Å². The Kier molecular flexibility index (Phi) is 5.90. The molecule has 0 aromatic carbocycles. The van der Waals surface area contributed by atoms with Crippen LogP contribution in [0.1, 0.15) is 40.1 Å². The molecule has 8 heteroatoms. The molecule has 2 aliphatic rings. The van der Waals surface area contributed by atoms with E-state index in [1.54, 1.807) is 11.8 Å². The van der Waals surface area contributed by atoms with Gasteiger partial charge in [-0.1, -0.05) is 0 Å². The van der Waals surface area contributed by atoms with Crippen LogP contribution < -0.4 is 0 Å². The Morgan fingerprint density at radius 2 is 1.72 bits per heavy atom. The van der Waals surface area contributed by atoms with E-state index in [1.807, 2.05) is 11.8 Å². The van der Waals surface area contributed by atoms with E-state index in [-0.39, 0.29) is 12.0 Å². The first-order valence-electron chi connectivity index (χ1n) is 8.98. The minimum Gasteiger partial charge on any atom is -0.450 e. The Hall–Kier alpha value is -1.67. The molecule has 25 heavy (non-hydrogen) atoms. The quantitative estimate of drug-likeness (QED) is 0.815. The Bertz CT molecular complexity index is 619. The maximum atomic E-state index is 12.8. The predicted molar refractivity (Wildman–Crippen MR) is 95.9 cm³/mol. The Morgan fingerprint density at radius 1 is 1.08 bits per heavy atom. The van der Waals surface area contributed by atoms with E-state index in [0.717, 1.165) is 35.2 Å². The van der Waals surface area contributed by atoms with Gasteiger partial charge in [-0.05, 0) is 39.8 Å². The van der Waals surface area contributed by atoms with E-state index >= 15 is 0 Å². The first-order chi connectivity index (χ1) is 12.1. The zero-order chi connectivity index (χ0) is 17.8. The van der Waals surface area contributed by atoms with E-state index in [4.69, 9.17) is 4.74 Å². The Labute approximate surface area is 152 Å². The molecule has 0 spiro atoms. The lowest BCUT2D eigenvalue weighted by molar-refractivity contribution is 0.0573. The molecule has 2 amide bonds. The molecule has 2 fully saturated rings.